The van der Waals surface area contributed by atoms with E-state index in [-0.39, 0.29) is 29.2 Å². The average molecular weight is 629 g/mol. The summed E-state index contributed by atoms with van der Waals surface area (Å²) in [5.74, 6) is -0.111. The Morgan fingerprint density at radius 2 is 1.79 bits per heavy atom. The summed E-state index contributed by atoms with van der Waals surface area (Å²) >= 11 is 5.95. The van der Waals surface area contributed by atoms with E-state index >= 15 is 0 Å². The lowest BCUT2D eigenvalue weighted by molar-refractivity contribution is -0.123. The first kappa shape index (κ1) is 31.8. The molecule has 0 unspecified atom stereocenters. The number of amides is 2. The van der Waals surface area contributed by atoms with Crippen LogP contribution in [0.4, 0.5) is 5.69 Å². The molecule has 1 fully saturated rings. The van der Waals surface area contributed by atoms with E-state index in [2.05, 4.69) is 15.8 Å². The van der Waals surface area contributed by atoms with Gasteiger partial charge < -0.3 is 19.5 Å². The van der Waals surface area contributed by atoms with Crippen molar-refractivity contribution < 1.29 is 32.2 Å². The van der Waals surface area contributed by atoms with Crippen LogP contribution in [0.2, 0.25) is 5.02 Å². The fraction of sp³-hybridized carbons (Fsp3) is 0.300. The van der Waals surface area contributed by atoms with Crippen LogP contribution in [0, 0.1) is 0 Å². The van der Waals surface area contributed by atoms with Crippen LogP contribution in [-0.2, 0) is 24.3 Å². The van der Waals surface area contributed by atoms with Crippen LogP contribution in [-0.4, -0.2) is 65.5 Å². The Morgan fingerprint density at radius 3 is 2.49 bits per heavy atom. The zero-order valence-corrected chi connectivity index (χ0v) is 25.1. The van der Waals surface area contributed by atoms with Gasteiger partial charge >= 0.3 is 0 Å². The molecule has 3 aromatic carbocycles. The number of carbonyl (C=O) groups is 2. The maximum Gasteiger partial charge on any atom is 0.264 e. The fourth-order valence-corrected chi connectivity index (χ4v) is 5.76. The number of benzene rings is 3. The molecule has 2 amide bonds. The van der Waals surface area contributed by atoms with Crippen LogP contribution in [0.15, 0.2) is 82.8 Å². The quantitative estimate of drug-likeness (QED) is 0.205. The third-order valence-electron chi connectivity index (χ3n) is 6.33. The summed E-state index contributed by atoms with van der Waals surface area (Å²) in [5, 5.41) is 7.14. The molecule has 0 bridgehead atoms. The van der Waals surface area contributed by atoms with Gasteiger partial charge in [-0.1, -0.05) is 23.7 Å². The molecule has 1 saturated heterocycles. The first-order chi connectivity index (χ1) is 20.8. The highest BCUT2D eigenvalue weighted by molar-refractivity contribution is 7.92. The average Bonchev–Trinajstić information content (AvgIpc) is 3.53. The molecule has 1 atom stereocenters. The molecule has 228 valence electrons. The highest BCUT2D eigenvalue weighted by atomic mass is 35.5. The highest BCUT2D eigenvalue weighted by Crippen LogP contribution is 2.32. The Kier molecular flexibility index (Phi) is 11.4. The van der Waals surface area contributed by atoms with Gasteiger partial charge in [0.1, 0.15) is 18.0 Å². The van der Waals surface area contributed by atoms with E-state index in [1.165, 1.54) is 30.5 Å². The van der Waals surface area contributed by atoms with E-state index in [9.17, 15) is 18.0 Å². The van der Waals surface area contributed by atoms with Gasteiger partial charge in [-0.05, 0) is 86.0 Å². The first-order valence-electron chi connectivity index (χ1n) is 13.7. The fourth-order valence-electron chi connectivity index (χ4n) is 4.20. The second kappa shape index (κ2) is 15.4. The zero-order valence-electron chi connectivity index (χ0n) is 23.6. The Bertz CT molecular complexity index is 1510. The summed E-state index contributed by atoms with van der Waals surface area (Å²) in [4.78, 5) is 24.9. The van der Waals surface area contributed by atoms with Gasteiger partial charge in [-0.2, -0.15) is 5.10 Å². The van der Waals surface area contributed by atoms with Crippen LogP contribution in [0.5, 0.6) is 11.5 Å². The molecule has 1 aliphatic heterocycles. The number of ether oxygens (including phenoxy) is 3. The number of hydrogen-bond acceptors (Lipinski definition) is 8. The van der Waals surface area contributed by atoms with Crippen LogP contribution in [0.3, 0.4) is 0 Å². The first-order valence-corrected chi connectivity index (χ1v) is 15.5. The van der Waals surface area contributed by atoms with Crippen LogP contribution >= 0.6 is 11.6 Å². The van der Waals surface area contributed by atoms with Gasteiger partial charge in [0.2, 0.25) is 0 Å². The van der Waals surface area contributed by atoms with E-state index in [1.54, 1.807) is 55.5 Å². The molecule has 0 aliphatic carbocycles. The van der Waals surface area contributed by atoms with Crippen molar-refractivity contribution in [2.24, 2.45) is 5.10 Å². The van der Waals surface area contributed by atoms with Gasteiger partial charge in [-0.3, -0.25) is 13.9 Å². The molecule has 13 heteroatoms. The van der Waals surface area contributed by atoms with E-state index in [4.69, 9.17) is 25.8 Å². The normalized spacial score (nSPS) is 14.8. The third kappa shape index (κ3) is 9.18. The number of halogens is 1. The van der Waals surface area contributed by atoms with Crippen molar-refractivity contribution >= 4 is 45.3 Å². The Hall–Kier alpha value is -4.13. The number of hydrogen-bond donors (Lipinski definition) is 2. The van der Waals surface area contributed by atoms with Gasteiger partial charge in [0.15, 0.2) is 6.61 Å². The van der Waals surface area contributed by atoms with Crippen molar-refractivity contribution in [3.8, 4) is 11.5 Å². The molecule has 0 saturated carbocycles. The second-order valence-electron chi connectivity index (χ2n) is 9.46. The van der Waals surface area contributed by atoms with Gasteiger partial charge in [0.05, 0.1) is 29.5 Å². The number of sulfonamides is 1. The molecule has 43 heavy (non-hydrogen) atoms. The summed E-state index contributed by atoms with van der Waals surface area (Å²) in [7, 11) is -4.18. The largest absolute Gasteiger partial charge is 0.492 e. The van der Waals surface area contributed by atoms with E-state index in [1.807, 2.05) is 0 Å². The summed E-state index contributed by atoms with van der Waals surface area (Å²) in [6, 6.07) is 19.0. The topological polar surface area (TPSA) is 136 Å². The second-order valence-corrected chi connectivity index (χ2v) is 11.8. The number of nitrogens with zero attached hydrogens (tertiary/aromatic N) is 2. The van der Waals surface area contributed by atoms with E-state index < -0.39 is 22.5 Å². The van der Waals surface area contributed by atoms with Gasteiger partial charge in [-0.15, -0.1) is 0 Å². The van der Waals surface area contributed by atoms with Crippen molar-refractivity contribution in [3.05, 3.63) is 83.4 Å². The minimum atomic E-state index is -4.18. The van der Waals surface area contributed by atoms with Crippen LogP contribution < -0.4 is 24.5 Å². The smallest absolute Gasteiger partial charge is 0.264 e. The summed E-state index contributed by atoms with van der Waals surface area (Å²) in [6.45, 7) is 2.58. The number of rotatable bonds is 14. The molecule has 2 N–H and O–H groups in total. The maximum absolute atomic E-state index is 13.6. The highest BCUT2D eigenvalue weighted by Gasteiger charge is 2.29. The summed E-state index contributed by atoms with van der Waals surface area (Å²) in [5.41, 5.74) is 3.22. The summed E-state index contributed by atoms with van der Waals surface area (Å²) < 4.78 is 44.9. The number of nitrogens with one attached hydrogen (secondary N) is 2. The summed E-state index contributed by atoms with van der Waals surface area (Å²) in [6.07, 6.45) is 3.41. The van der Waals surface area contributed by atoms with Crippen molar-refractivity contribution in [2.75, 3.05) is 37.2 Å². The Morgan fingerprint density at radius 1 is 1.05 bits per heavy atom. The van der Waals surface area contributed by atoms with Gasteiger partial charge in [0, 0.05) is 18.2 Å². The minimum Gasteiger partial charge on any atom is -0.492 e. The SMILES string of the molecule is CCOc1ccccc1N(CC(=O)N/N=C\c1ccc(OCC(=O)NC[C@@H]2CCCO2)cc1)S(=O)(=O)c1ccc(Cl)cc1. The Labute approximate surface area is 255 Å². The number of hydrazone groups is 1. The van der Waals surface area contributed by atoms with Gasteiger partial charge in [0.25, 0.3) is 21.8 Å². The van der Waals surface area contributed by atoms with Crippen LogP contribution in [0.1, 0.15) is 25.3 Å². The number of anilines is 1. The molecule has 3 aromatic rings. The predicted octanol–water partition coefficient (Wildman–Crippen LogP) is 3.76. The van der Waals surface area contributed by atoms with Crippen molar-refractivity contribution in [3.63, 3.8) is 0 Å². The lowest BCUT2D eigenvalue weighted by Gasteiger charge is -2.25. The molecule has 0 spiro atoms. The number of para-hydroxylation sites is 2. The molecule has 0 aromatic heterocycles. The maximum atomic E-state index is 13.6. The molecule has 1 heterocycles. The number of carbonyl (C=O) groups excluding carboxylic acids is 2. The lowest BCUT2D eigenvalue weighted by atomic mass is 10.2. The third-order valence-corrected chi connectivity index (χ3v) is 8.35. The van der Waals surface area contributed by atoms with Crippen molar-refractivity contribution in [1.82, 2.24) is 10.7 Å². The van der Waals surface area contributed by atoms with Crippen molar-refractivity contribution in [2.45, 2.75) is 30.8 Å². The standard InChI is InChI=1S/C30H33ClN4O7S/c1-2-40-28-8-4-3-7-27(28)35(43(38,39)26-15-11-23(31)12-16-26)20-29(36)34-33-18-22-9-13-24(14-10-22)42-21-30(37)32-19-25-6-5-17-41-25/h3-4,7-16,18,25H,2,5-6,17,19-21H2,1H3,(H,32,37)(H,34,36)/b33-18-/t25-/m0/s1. The molecular formula is C30H33ClN4O7S. The molecule has 1 aliphatic rings. The van der Waals surface area contributed by atoms with E-state index in [0.717, 1.165) is 23.8 Å². The molecular weight excluding hydrogens is 596 g/mol. The van der Waals surface area contributed by atoms with Crippen LogP contribution in [0.25, 0.3) is 0 Å². The van der Waals surface area contributed by atoms with Gasteiger partial charge in [-0.25, -0.2) is 13.8 Å². The van der Waals surface area contributed by atoms with E-state index in [0.29, 0.717) is 35.2 Å². The molecule has 0 radical (unpaired) electrons. The lowest BCUT2D eigenvalue weighted by Crippen LogP contribution is -2.39. The minimum absolute atomic E-state index is 0.0397. The van der Waals surface area contributed by atoms with Crippen molar-refractivity contribution in [1.29, 1.82) is 0 Å². The zero-order chi connectivity index (χ0) is 30.7. The predicted molar refractivity (Wildman–Crippen MR) is 163 cm³/mol. The Balaban J connectivity index is 1.36. The monoisotopic (exact) mass is 628 g/mol. The molecule has 4 rings (SSSR count). The molecule has 11 nitrogen and oxygen atoms in total.